The van der Waals surface area contributed by atoms with Gasteiger partial charge in [0.2, 0.25) is 0 Å². The maximum absolute atomic E-state index is 13.1. The van der Waals surface area contributed by atoms with E-state index in [1.54, 1.807) is 35.0 Å². The Morgan fingerprint density at radius 2 is 1.68 bits per heavy atom. The highest BCUT2D eigenvalue weighted by atomic mass is 35.5. The molecule has 4 rings (SSSR count). The van der Waals surface area contributed by atoms with Crippen LogP contribution in [-0.4, -0.2) is 38.9 Å². The number of nitrogens with zero attached hydrogens (tertiary/aromatic N) is 3. The van der Waals surface area contributed by atoms with Crippen molar-refractivity contribution in [3.05, 3.63) is 68.8 Å². The van der Waals surface area contributed by atoms with Crippen LogP contribution in [-0.2, 0) is 6.61 Å². The van der Waals surface area contributed by atoms with E-state index in [1.807, 2.05) is 17.1 Å². The largest absolute Gasteiger partial charge is 0.392 e. The lowest BCUT2D eigenvalue weighted by Crippen LogP contribution is -2.45. The summed E-state index contributed by atoms with van der Waals surface area (Å²) in [6, 6.07) is 12.1. The molecule has 0 atom stereocenters. The van der Waals surface area contributed by atoms with Crippen LogP contribution >= 0.6 is 34.8 Å². The van der Waals surface area contributed by atoms with Crippen LogP contribution < -0.4 is 5.43 Å². The predicted molar refractivity (Wildman–Crippen MR) is 123 cm³/mol. The van der Waals surface area contributed by atoms with Gasteiger partial charge in [-0.1, -0.05) is 53.4 Å². The summed E-state index contributed by atoms with van der Waals surface area (Å²) < 4.78 is 1.57. The van der Waals surface area contributed by atoms with Crippen molar-refractivity contribution >= 4 is 40.7 Å². The molecule has 0 saturated carbocycles. The molecule has 6 nitrogen and oxygen atoms in total. The summed E-state index contributed by atoms with van der Waals surface area (Å²) in [6.45, 7) is 1.20. The molecule has 2 aromatic carbocycles. The van der Waals surface area contributed by atoms with E-state index in [9.17, 15) is 9.90 Å². The monoisotopic (exact) mass is 478 g/mol. The third-order valence-electron chi connectivity index (χ3n) is 5.23. The molecular weight excluding hydrogens is 459 g/mol. The summed E-state index contributed by atoms with van der Waals surface area (Å²) in [6.07, 6.45) is 3.20. The number of benzene rings is 2. The zero-order valence-corrected chi connectivity index (χ0v) is 18.9. The normalized spacial score (nSPS) is 14.6. The van der Waals surface area contributed by atoms with Gasteiger partial charge in [-0.25, -0.2) is 9.69 Å². The Balaban J connectivity index is 1.84. The lowest BCUT2D eigenvalue weighted by atomic mass is 10.1. The molecule has 1 aliphatic heterocycles. The van der Waals surface area contributed by atoms with Crippen molar-refractivity contribution < 1.29 is 9.90 Å². The summed E-state index contributed by atoms with van der Waals surface area (Å²) in [5.74, 6) is -0.370. The zero-order valence-electron chi connectivity index (χ0n) is 16.6. The zero-order chi connectivity index (χ0) is 22.0. The van der Waals surface area contributed by atoms with Crippen molar-refractivity contribution in [2.75, 3.05) is 13.1 Å². The number of hydrogen-bond acceptors (Lipinski definition) is 4. The first kappa shape index (κ1) is 22.1. The quantitative estimate of drug-likeness (QED) is 0.533. The maximum Gasteiger partial charge on any atom is 0.286 e. The van der Waals surface area contributed by atoms with Crippen molar-refractivity contribution in [1.29, 1.82) is 0 Å². The Hall–Kier alpha value is -2.09. The summed E-state index contributed by atoms with van der Waals surface area (Å²) in [5, 5.41) is 18.1. The molecule has 9 heteroatoms. The summed E-state index contributed by atoms with van der Waals surface area (Å²) in [5.41, 5.74) is 5.31. The first-order valence-electron chi connectivity index (χ1n) is 9.98. The predicted octanol–water partition coefficient (Wildman–Crippen LogP) is 5.12. The molecule has 0 aliphatic carbocycles. The molecule has 0 radical (unpaired) electrons. The van der Waals surface area contributed by atoms with Gasteiger partial charge in [0.05, 0.1) is 23.0 Å². The number of aliphatic hydroxyl groups excluding tert-OH is 1. The minimum atomic E-state index is -0.370. The third kappa shape index (κ3) is 4.73. The Labute approximate surface area is 195 Å². The smallest absolute Gasteiger partial charge is 0.286 e. The van der Waals surface area contributed by atoms with Crippen LogP contribution in [0, 0.1) is 0 Å². The Kier molecular flexibility index (Phi) is 6.84. The average Bonchev–Trinajstić information content (AvgIpc) is 3.14. The number of carbonyl (C=O) groups is 1. The molecule has 31 heavy (non-hydrogen) atoms. The van der Waals surface area contributed by atoms with Crippen molar-refractivity contribution in [3.8, 4) is 16.9 Å². The van der Waals surface area contributed by atoms with E-state index in [2.05, 4.69) is 10.5 Å². The van der Waals surface area contributed by atoms with E-state index >= 15 is 0 Å². The average molecular weight is 480 g/mol. The van der Waals surface area contributed by atoms with Gasteiger partial charge in [0, 0.05) is 34.3 Å². The first-order valence-corrected chi connectivity index (χ1v) is 11.1. The van der Waals surface area contributed by atoms with E-state index < -0.39 is 0 Å². The van der Waals surface area contributed by atoms with Gasteiger partial charge in [0.15, 0.2) is 5.69 Å². The standard InChI is InChI=1S/C22H21Cl3N4O2/c23-15-6-4-14(5-7-15)21-17(13-30)20(22(31)27-28-10-2-1-3-11-28)26-29(21)19-9-8-16(24)12-18(19)25/h4-9,12,30H,1-3,10-11,13H2,(H,27,31). The third-order valence-corrected chi connectivity index (χ3v) is 6.02. The number of aliphatic hydroxyl groups is 1. The Morgan fingerprint density at radius 3 is 2.32 bits per heavy atom. The van der Waals surface area contributed by atoms with E-state index in [1.165, 1.54) is 0 Å². The van der Waals surface area contributed by atoms with Crippen LogP contribution in [0.5, 0.6) is 0 Å². The van der Waals surface area contributed by atoms with Crippen molar-refractivity contribution in [2.24, 2.45) is 0 Å². The summed E-state index contributed by atoms with van der Waals surface area (Å²) in [4.78, 5) is 13.1. The number of hydrazine groups is 1. The van der Waals surface area contributed by atoms with Crippen LogP contribution in [0.2, 0.25) is 15.1 Å². The number of rotatable bonds is 5. The molecule has 0 spiro atoms. The SMILES string of the molecule is O=C(NN1CCCCC1)c1nn(-c2ccc(Cl)cc2Cl)c(-c2ccc(Cl)cc2)c1CO. The maximum atomic E-state index is 13.1. The van der Waals surface area contributed by atoms with Crippen LogP contribution in [0.3, 0.4) is 0 Å². The molecule has 2 N–H and O–H groups in total. The van der Waals surface area contributed by atoms with Gasteiger partial charge < -0.3 is 5.11 Å². The minimum absolute atomic E-state index is 0.143. The highest BCUT2D eigenvalue weighted by Gasteiger charge is 2.26. The lowest BCUT2D eigenvalue weighted by molar-refractivity contribution is 0.0741. The van der Waals surface area contributed by atoms with Crippen LogP contribution in [0.4, 0.5) is 0 Å². The number of nitrogens with one attached hydrogen (secondary N) is 1. The fourth-order valence-electron chi connectivity index (χ4n) is 3.72. The Morgan fingerprint density at radius 1 is 1.00 bits per heavy atom. The molecule has 3 aromatic rings. The Bertz CT molecular complexity index is 1090. The van der Waals surface area contributed by atoms with Gasteiger partial charge >= 0.3 is 0 Å². The fraction of sp³-hybridized carbons (Fsp3) is 0.273. The molecule has 1 fully saturated rings. The van der Waals surface area contributed by atoms with Crippen molar-refractivity contribution in [2.45, 2.75) is 25.9 Å². The van der Waals surface area contributed by atoms with Gasteiger partial charge in [-0.2, -0.15) is 5.10 Å². The van der Waals surface area contributed by atoms with Crippen LogP contribution in [0.1, 0.15) is 35.3 Å². The number of piperidine rings is 1. The summed E-state index contributed by atoms with van der Waals surface area (Å²) in [7, 11) is 0. The van der Waals surface area contributed by atoms with Gasteiger partial charge in [-0.3, -0.25) is 10.2 Å². The van der Waals surface area contributed by atoms with Gasteiger partial charge in [-0.15, -0.1) is 0 Å². The first-order chi connectivity index (χ1) is 15.0. The fourth-order valence-corrected chi connectivity index (χ4v) is 4.33. The van der Waals surface area contributed by atoms with Crippen molar-refractivity contribution in [3.63, 3.8) is 0 Å². The second-order valence-electron chi connectivity index (χ2n) is 7.34. The second-order valence-corrected chi connectivity index (χ2v) is 8.62. The van der Waals surface area contributed by atoms with Crippen molar-refractivity contribution in [1.82, 2.24) is 20.2 Å². The van der Waals surface area contributed by atoms with E-state index in [0.717, 1.165) is 37.9 Å². The van der Waals surface area contributed by atoms with E-state index in [-0.39, 0.29) is 18.2 Å². The number of carbonyl (C=O) groups excluding carboxylic acids is 1. The molecule has 162 valence electrons. The highest BCUT2D eigenvalue weighted by Crippen LogP contribution is 2.33. The molecule has 1 saturated heterocycles. The number of aromatic nitrogens is 2. The molecule has 0 bridgehead atoms. The minimum Gasteiger partial charge on any atom is -0.392 e. The molecule has 2 heterocycles. The molecule has 0 unspecified atom stereocenters. The molecule has 1 aliphatic rings. The van der Waals surface area contributed by atoms with Crippen LogP contribution in [0.25, 0.3) is 16.9 Å². The number of hydrogen-bond donors (Lipinski definition) is 2. The van der Waals surface area contributed by atoms with Gasteiger partial charge in [-0.05, 0) is 43.2 Å². The van der Waals surface area contributed by atoms with E-state index in [0.29, 0.717) is 32.0 Å². The van der Waals surface area contributed by atoms with Gasteiger partial charge in [0.25, 0.3) is 5.91 Å². The molecular formula is C22H21Cl3N4O2. The number of halogens is 3. The highest BCUT2D eigenvalue weighted by molar-refractivity contribution is 6.35. The van der Waals surface area contributed by atoms with E-state index in [4.69, 9.17) is 34.8 Å². The second kappa shape index (κ2) is 9.59. The lowest BCUT2D eigenvalue weighted by Gasteiger charge is -2.26. The van der Waals surface area contributed by atoms with Gasteiger partial charge in [0.1, 0.15) is 0 Å². The number of amides is 1. The molecule has 1 aromatic heterocycles. The van der Waals surface area contributed by atoms with Crippen LogP contribution in [0.15, 0.2) is 42.5 Å². The summed E-state index contributed by atoms with van der Waals surface area (Å²) >= 11 is 18.6. The molecule has 1 amide bonds. The topological polar surface area (TPSA) is 70.4 Å².